The quantitative estimate of drug-likeness (QED) is 0.823. The minimum absolute atomic E-state index is 0.0484. The molecule has 0 radical (unpaired) electrons. The second-order valence-electron chi connectivity index (χ2n) is 4.45. The molecule has 1 aromatic carbocycles. The van der Waals surface area contributed by atoms with Gasteiger partial charge in [-0.15, -0.1) is 0 Å². The molecule has 6 heteroatoms. The Labute approximate surface area is 114 Å². The topological polar surface area (TPSA) is 75.3 Å². The van der Waals surface area contributed by atoms with E-state index in [1.165, 1.54) is 0 Å². The van der Waals surface area contributed by atoms with Crippen LogP contribution in [0.2, 0.25) is 0 Å². The van der Waals surface area contributed by atoms with Gasteiger partial charge >= 0.3 is 0 Å². The van der Waals surface area contributed by atoms with E-state index in [4.69, 9.17) is 0 Å². The van der Waals surface area contributed by atoms with Crippen LogP contribution in [0.3, 0.4) is 0 Å². The smallest absolute Gasteiger partial charge is 0.251 e. The van der Waals surface area contributed by atoms with E-state index in [-0.39, 0.29) is 18.2 Å². The molecule has 2 N–H and O–H groups in total. The highest BCUT2D eigenvalue weighted by molar-refractivity contribution is 7.90. The van der Waals surface area contributed by atoms with Crippen LogP contribution in [0.4, 0.5) is 5.69 Å². The molecule has 0 saturated heterocycles. The summed E-state index contributed by atoms with van der Waals surface area (Å²) < 4.78 is 21.9. The summed E-state index contributed by atoms with van der Waals surface area (Å²) >= 11 is 0. The van der Waals surface area contributed by atoms with Crippen LogP contribution in [0.15, 0.2) is 18.2 Å². The van der Waals surface area contributed by atoms with Crippen LogP contribution in [-0.2, 0) is 9.84 Å². The van der Waals surface area contributed by atoms with Crippen LogP contribution in [0.1, 0.15) is 22.8 Å². The second kappa shape index (κ2) is 6.56. The number of carbonyl (C=O) groups is 1. The highest BCUT2D eigenvalue weighted by atomic mass is 32.2. The van der Waals surface area contributed by atoms with Gasteiger partial charge in [0, 0.05) is 30.6 Å². The lowest BCUT2D eigenvalue weighted by molar-refractivity contribution is 0.0955. The summed E-state index contributed by atoms with van der Waals surface area (Å²) in [7, 11) is -3.05. The summed E-state index contributed by atoms with van der Waals surface area (Å²) in [6.07, 6.45) is 1.15. The number of amides is 1. The van der Waals surface area contributed by atoms with Crippen molar-refractivity contribution in [2.45, 2.75) is 13.8 Å². The number of anilines is 1. The van der Waals surface area contributed by atoms with Gasteiger partial charge in [0.25, 0.3) is 5.91 Å². The van der Waals surface area contributed by atoms with E-state index in [1.54, 1.807) is 6.07 Å². The summed E-state index contributed by atoms with van der Waals surface area (Å²) in [5.41, 5.74) is 2.39. The zero-order valence-corrected chi connectivity index (χ0v) is 12.3. The Morgan fingerprint density at radius 3 is 2.53 bits per heavy atom. The van der Waals surface area contributed by atoms with Crippen molar-refractivity contribution in [2.24, 2.45) is 0 Å². The standard InChI is InChI=1S/C13H20N2O3S/c1-4-14-11-5-6-12(10(2)9-11)13(16)15-7-8-19(3,17)18/h5-6,9,14H,4,7-8H2,1-3H3,(H,15,16). The van der Waals surface area contributed by atoms with Crippen molar-refractivity contribution < 1.29 is 13.2 Å². The molecular formula is C13H20N2O3S. The Kier molecular flexibility index (Phi) is 5.35. The van der Waals surface area contributed by atoms with E-state index in [9.17, 15) is 13.2 Å². The average Bonchev–Trinajstić information content (AvgIpc) is 2.27. The molecule has 0 spiro atoms. The monoisotopic (exact) mass is 284 g/mol. The Morgan fingerprint density at radius 2 is 2.00 bits per heavy atom. The van der Waals surface area contributed by atoms with Crippen LogP contribution in [0.25, 0.3) is 0 Å². The molecule has 0 unspecified atom stereocenters. The first-order chi connectivity index (χ1) is 8.83. The maximum Gasteiger partial charge on any atom is 0.251 e. The van der Waals surface area contributed by atoms with Gasteiger partial charge in [0.2, 0.25) is 0 Å². The largest absolute Gasteiger partial charge is 0.385 e. The molecule has 0 aliphatic carbocycles. The molecule has 0 atom stereocenters. The van der Waals surface area contributed by atoms with Gasteiger partial charge in [0.1, 0.15) is 9.84 Å². The molecule has 1 rings (SSSR count). The third kappa shape index (κ3) is 5.30. The molecule has 1 amide bonds. The molecule has 0 aliphatic rings. The van der Waals surface area contributed by atoms with Crippen molar-refractivity contribution >= 4 is 21.4 Å². The van der Waals surface area contributed by atoms with Gasteiger partial charge in [-0.05, 0) is 37.6 Å². The Balaban J connectivity index is 2.67. The van der Waals surface area contributed by atoms with Crippen molar-refractivity contribution in [3.63, 3.8) is 0 Å². The number of rotatable bonds is 6. The van der Waals surface area contributed by atoms with E-state index in [0.717, 1.165) is 24.1 Å². The number of carbonyl (C=O) groups excluding carboxylic acids is 1. The summed E-state index contributed by atoms with van der Waals surface area (Å²) in [5, 5.41) is 5.78. The number of hydrogen-bond acceptors (Lipinski definition) is 4. The summed E-state index contributed by atoms with van der Waals surface area (Å²) in [6, 6.07) is 5.47. The maximum absolute atomic E-state index is 11.9. The molecule has 106 valence electrons. The summed E-state index contributed by atoms with van der Waals surface area (Å²) in [4.78, 5) is 11.9. The van der Waals surface area contributed by atoms with Crippen LogP contribution < -0.4 is 10.6 Å². The normalized spacial score (nSPS) is 11.1. The Morgan fingerprint density at radius 1 is 1.32 bits per heavy atom. The number of benzene rings is 1. The first-order valence-corrected chi connectivity index (χ1v) is 8.20. The van der Waals surface area contributed by atoms with Crippen molar-refractivity contribution in [3.05, 3.63) is 29.3 Å². The fourth-order valence-electron chi connectivity index (χ4n) is 1.68. The number of sulfone groups is 1. The Bertz CT molecular complexity index is 553. The van der Waals surface area contributed by atoms with Gasteiger partial charge in [0.15, 0.2) is 0 Å². The van der Waals surface area contributed by atoms with Crippen LogP contribution in [-0.4, -0.2) is 39.4 Å². The van der Waals surface area contributed by atoms with Crippen molar-refractivity contribution in [1.82, 2.24) is 5.32 Å². The molecule has 0 aliphatic heterocycles. The van der Waals surface area contributed by atoms with E-state index in [1.807, 2.05) is 26.0 Å². The lowest BCUT2D eigenvalue weighted by atomic mass is 10.1. The number of aryl methyl sites for hydroxylation is 1. The number of hydrogen-bond donors (Lipinski definition) is 2. The fourth-order valence-corrected chi connectivity index (χ4v) is 2.15. The SMILES string of the molecule is CCNc1ccc(C(=O)NCCS(C)(=O)=O)c(C)c1. The molecule has 1 aromatic rings. The molecule has 0 heterocycles. The summed E-state index contributed by atoms with van der Waals surface area (Å²) in [5.74, 6) is -0.294. The first kappa shape index (κ1) is 15.5. The van der Waals surface area contributed by atoms with Gasteiger partial charge in [-0.3, -0.25) is 4.79 Å². The van der Waals surface area contributed by atoms with Gasteiger partial charge in [-0.2, -0.15) is 0 Å². The van der Waals surface area contributed by atoms with Crippen molar-refractivity contribution in [3.8, 4) is 0 Å². The third-order valence-electron chi connectivity index (χ3n) is 2.61. The highest BCUT2D eigenvalue weighted by Crippen LogP contribution is 2.14. The molecule has 0 bridgehead atoms. The van der Waals surface area contributed by atoms with Crippen molar-refractivity contribution in [2.75, 3.05) is 30.4 Å². The predicted molar refractivity (Wildman–Crippen MR) is 77.4 cm³/mol. The first-order valence-electron chi connectivity index (χ1n) is 6.14. The lowest BCUT2D eigenvalue weighted by Crippen LogP contribution is -2.29. The molecular weight excluding hydrogens is 264 g/mol. The van der Waals surface area contributed by atoms with E-state index < -0.39 is 9.84 Å². The Hall–Kier alpha value is -1.56. The summed E-state index contributed by atoms with van der Waals surface area (Å²) in [6.45, 7) is 4.80. The molecule has 5 nitrogen and oxygen atoms in total. The van der Waals surface area contributed by atoms with Gasteiger partial charge in [-0.25, -0.2) is 8.42 Å². The van der Waals surface area contributed by atoms with Crippen LogP contribution in [0.5, 0.6) is 0 Å². The lowest BCUT2D eigenvalue weighted by Gasteiger charge is -2.10. The van der Waals surface area contributed by atoms with Crippen molar-refractivity contribution in [1.29, 1.82) is 0 Å². The van der Waals surface area contributed by atoms with E-state index in [2.05, 4.69) is 10.6 Å². The van der Waals surface area contributed by atoms with E-state index >= 15 is 0 Å². The maximum atomic E-state index is 11.9. The minimum Gasteiger partial charge on any atom is -0.385 e. The zero-order valence-electron chi connectivity index (χ0n) is 11.5. The van der Waals surface area contributed by atoms with Gasteiger partial charge in [0.05, 0.1) is 5.75 Å². The highest BCUT2D eigenvalue weighted by Gasteiger charge is 2.10. The zero-order chi connectivity index (χ0) is 14.5. The second-order valence-corrected chi connectivity index (χ2v) is 6.71. The molecule has 0 saturated carbocycles. The van der Waals surface area contributed by atoms with Crippen LogP contribution in [0, 0.1) is 6.92 Å². The third-order valence-corrected chi connectivity index (χ3v) is 3.56. The molecule has 0 aromatic heterocycles. The predicted octanol–water partition coefficient (Wildman–Crippen LogP) is 1.20. The van der Waals surface area contributed by atoms with E-state index in [0.29, 0.717) is 5.56 Å². The van der Waals surface area contributed by atoms with Crippen LogP contribution >= 0.6 is 0 Å². The molecule has 19 heavy (non-hydrogen) atoms. The average molecular weight is 284 g/mol. The van der Waals surface area contributed by atoms with Gasteiger partial charge < -0.3 is 10.6 Å². The fraction of sp³-hybridized carbons (Fsp3) is 0.462. The minimum atomic E-state index is -3.05. The molecule has 0 fully saturated rings. The van der Waals surface area contributed by atoms with Gasteiger partial charge in [-0.1, -0.05) is 0 Å². The number of nitrogens with one attached hydrogen (secondary N) is 2.